The molecule has 4 heterocycles. The number of benzene rings is 1. The Morgan fingerprint density at radius 3 is 2.85 bits per heavy atom. The summed E-state index contributed by atoms with van der Waals surface area (Å²) in [5, 5.41) is 10.6. The van der Waals surface area contributed by atoms with Crippen molar-refractivity contribution in [3.63, 3.8) is 0 Å². The first-order valence-electron chi connectivity index (χ1n) is 11.2. The number of nitrogens with one attached hydrogen (secondary N) is 2. The van der Waals surface area contributed by atoms with Crippen molar-refractivity contribution in [2.24, 2.45) is 0 Å². The van der Waals surface area contributed by atoms with E-state index in [1.165, 1.54) is 12.1 Å². The first-order chi connectivity index (χ1) is 16.6. The number of fused-ring (bicyclic) bond motifs is 1. The lowest BCUT2D eigenvalue weighted by Gasteiger charge is -2.32. The summed E-state index contributed by atoms with van der Waals surface area (Å²) in [6.45, 7) is 1.74. The molecule has 2 N–H and O–H groups in total. The number of likely N-dealkylation sites (tertiary alicyclic amines) is 1. The highest BCUT2D eigenvalue weighted by Crippen LogP contribution is 2.28. The van der Waals surface area contributed by atoms with E-state index in [4.69, 9.17) is 12.8 Å². The van der Waals surface area contributed by atoms with Crippen LogP contribution in [0.3, 0.4) is 0 Å². The lowest BCUT2D eigenvalue weighted by molar-refractivity contribution is 0.192. The number of anilines is 2. The molecule has 0 spiro atoms. The largest absolute Gasteiger partial charge is 0.366 e. The lowest BCUT2D eigenvalue weighted by Crippen LogP contribution is -2.41. The van der Waals surface area contributed by atoms with E-state index in [9.17, 15) is 9.18 Å². The van der Waals surface area contributed by atoms with Gasteiger partial charge in [0.05, 0.1) is 5.69 Å². The number of carbonyl (C=O) groups is 1. The van der Waals surface area contributed by atoms with Gasteiger partial charge in [0.2, 0.25) is 0 Å². The van der Waals surface area contributed by atoms with Crippen LogP contribution in [0.15, 0.2) is 61.1 Å². The van der Waals surface area contributed by atoms with Crippen molar-refractivity contribution in [3.05, 3.63) is 78.1 Å². The number of halogens is 1. The molecule has 1 atom stereocenters. The number of piperidine rings is 1. The predicted molar refractivity (Wildman–Crippen MR) is 129 cm³/mol. The smallest absolute Gasteiger partial charge is 0.321 e. The van der Waals surface area contributed by atoms with Crippen molar-refractivity contribution in [1.82, 2.24) is 24.5 Å². The van der Waals surface area contributed by atoms with Crippen molar-refractivity contribution < 1.29 is 9.18 Å². The minimum atomic E-state index is -0.343. The molecule has 8 nitrogen and oxygen atoms in total. The number of amides is 2. The summed E-state index contributed by atoms with van der Waals surface area (Å²) in [5.74, 6) is 0.476. The molecule has 1 aromatic carbocycles. The van der Waals surface area contributed by atoms with Gasteiger partial charge in [-0.05, 0) is 54.2 Å². The molecule has 2 radical (unpaired) electrons. The van der Waals surface area contributed by atoms with Crippen LogP contribution in [0.5, 0.6) is 0 Å². The van der Waals surface area contributed by atoms with Gasteiger partial charge in [0, 0.05) is 55.9 Å². The predicted octanol–water partition coefficient (Wildman–Crippen LogP) is 3.08. The number of hydrogen-bond donors (Lipinski definition) is 2. The Balaban J connectivity index is 1.35. The monoisotopic (exact) mass is 455 g/mol. The number of aromatic nitrogens is 4. The van der Waals surface area contributed by atoms with Gasteiger partial charge in [0.15, 0.2) is 5.65 Å². The maximum atomic E-state index is 13.2. The van der Waals surface area contributed by atoms with Crippen molar-refractivity contribution >= 4 is 36.5 Å². The molecule has 170 valence electrons. The summed E-state index contributed by atoms with van der Waals surface area (Å²) in [6.07, 6.45) is 6.88. The van der Waals surface area contributed by atoms with Crippen LogP contribution >= 0.6 is 0 Å². The average Bonchev–Trinajstić information content (AvgIpc) is 3.25. The van der Waals surface area contributed by atoms with Crippen molar-refractivity contribution in [3.8, 4) is 0 Å². The second-order valence-corrected chi connectivity index (χ2v) is 8.34. The maximum absolute atomic E-state index is 13.2. The fourth-order valence-corrected chi connectivity index (χ4v) is 4.17. The minimum Gasteiger partial charge on any atom is -0.366 e. The maximum Gasteiger partial charge on any atom is 0.321 e. The van der Waals surface area contributed by atoms with Gasteiger partial charge in [0.25, 0.3) is 0 Å². The number of nitrogens with zero attached hydrogens (tertiary/aromatic N) is 5. The fourth-order valence-electron chi connectivity index (χ4n) is 4.17. The molecule has 0 saturated carbocycles. The van der Waals surface area contributed by atoms with Crippen LogP contribution in [0.25, 0.3) is 5.65 Å². The molecule has 2 amide bonds. The SMILES string of the molecule is [B]c1cnn2c(NCc3cccnc3)cc(C3CCCN(C(=O)Nc4ccc(F)cc4)C3)nc12. The summed E-state index contributed by atoms with van der Waals surface area (Å²) in [6, 6.07) is 11.4. The van der Waals surface area contributed by atoms with E-state index >= 15 is 0 Å². The molecule has 1 aliphatic heterocycles. The lowest BCUT2D eigenvalue weighted by atomic mass is 9.94. The summed E-state index contributed by atoms with van der Waals surface area (Å²) < 4.78 is 14.9. The summed E-state index contributed by atoms with van der Waals surface area (Å²) in [4.78, 5) is 23.5. The standard InChI is InChI=1S/C24H23BFN7O/c25-20-14-29-33-22(28-13-16-3-1-9-27-12-16)11-21(31-23(20)33)17-4-2-10-32(15-17)24(34)30-19-7-5-18(26)6-8-19/h1,3,5-9,11-12,14,17,28H,2,4,10,13,15H2,(H,30,34). The second-order valence-electron chi connectivity index (χ2n) is 8.34. The van der Waals surface area contributed by atoms with Gasteiger partial charge in [-0.1, -0.05) is 6.07 Å². The van der Waals surface area contributed by atoms with Crippen LogP contribution in [0.2, 0.25) is 0 Å². The van der Waals surface area contributed by atoms with Crippen molar-refractivity contribution in [1.29, 1.82) is 0 Å². The highest BCUT2D eigenvalue weighted by Gasteiger charge is 2.27. The summed E-state index contributed by atoms with van der Waals surface area (Å²) in [7, 11) is 6.14. The normalized spacial score (nSPS) is 15.9. The summed E-state index contributed by atoms with van der Waals surface area (Å²) >= 11 is 0. The molecule has 5 rings (SSSR count). The average molecular weight is 455 g/mol. The number of urea groups is 1. The molecular weight excluding hydrogens is 432 g/mol. The third-order valence-corrected chi connectivity index (χ3v) is 5.94. The quantitative estimate of drug-likeness (QED) is 0.452. The van der Waals surface area contributed by atoms with E-state index in [0.717, 1.165) is 29.9 Å². The Bertz CT molecular complexity index is 1300. The Hall–Kier alpha value is -3.95. The zero-order valence-corrected chi connectivity index (χ0v) is 18.5. The van der Waals surface area contributed by atoms with Crippen molar-refractivity contribution in [2.45, 2.75) is 25.3 Å². The van der Waals surface area contributed by atoms with Gasteiger partial charge < -0.3 is 15.5 Å². The van der Waals surface area contributed by atoms with Gasteiger partial charge in [-0.15, -0.1) is 0 Å². The van der Waals surface area contributed by atoms with Crippen LogP contribution in [0.4, 0.5) is 20.7 Å². The van der Waals surface area contributed by atoms with Crippen LogP contribution < -0.4 is 16.1 Å². The van der Waals surface area contributed by atoms with Gasteiger partial charge in [-0.25, -0.2) is 14.2 Å². The molecule has 1 fully saturated rings. The van der Waals surface area contributed by atoms with Crippen LogP contribution in [0, 0.1) is 5.82 Å². The first-order valence-corrected chi connectivity index (χ1v) is 11.2. The van der Waals surface area contributed by atoms with Gasteiger partial charge in [0.1, 0.15) is 19.5 Å². The molecule has 0 aliphatic carbocycles. The highest BCUT2D eigenvalue weighted by molar-refractivity contribution is 6.36. The molecule has 34 heavy (non-hydrogen) atoms. The van der Waals surface area contributed by atoms with E-state index in [1.807, 2.05) is 24.4 Å². The molecule has 4 aromatic rings. The van der Waals surface area contributed by atoms with Gasteiger partial charge in [-0.2, -0.15) is 9.61 Å². The van der Waals surface area contributed by atoms with E-state index in [1.54, 1.807) is 33.9 Å². The number of hydrogen-bond acceptors (Lipinski definition) is 5. The number of rotatable bonds is 5. The number of pyridine rings is 1. The zero-order chi connectivity index (χ0) is 23.5. The topological polar surface area (TPSA) is 87.5 Å². The highest BCUT2D eigenvalue weighted by atomic mass is 19.1. The molecule has 10 heteroatoms. The Morgan fingerprint density at radius 2 is 2.06 bits per heavy atom. The summed E-state index contributed by atoms with van der Waals surface area (Å²) in [5.41, 5.74) is 3.53. The first kappa shape index (κ1) is 21.9. The Kier molecular flexibility index (Phi) is 6.11. The molecule has 1 aliphatic rings. The zero-order valence-electron chi connectivity index (χ0n) is 18.5. The Labute approximate surface area is 197 Å². The Morgan fingerprint density at radius 1 is 1.21 bits per heavy atom. The third-order valence-electron chi connectivity index (χ3n) is 5.94. The second kappa shape index (κ2) is 9.50. The molecule has 3 aromatic heterocycles. The van der Waals surface area contributed by atoms with Gasteiger partial charge in [-0.3, -0.25) is 4.98 Å². The van der Waals surface area contributed by atoms with E-state index in [0.29, 0.717) is 36.4 Å². The van der Waals surface area contributed by atoms with Crippen LogP contribution in [-0.2, 0) is 6.54 Å². The minimum absolute atomic E-state index is 0.0472. The van der Waals surface area contributed by atoms with E-state index in [2.05, 4.69) is 20.7 Å². The van der Waals surface area contributed by atoms with Gasteiger partial charge >= 0.3 is 6.03 Å². The molecular formula is C24H23BFN7O. The fraction of sp³-hybridized carbons (Fsp3) is 0.250. The molecule has 1 unspecified atom stereocenters. The van der Waals surface area contributed by atoms with E-state index in [-0.39, 0.29) is 17.8 Å². The van der Waals surface area contributed by atoms with Crippen LogP contribution in [-0.4, -0.2) is 51.4 Å². The number of carbonyl (C=O) groups excluding carboxylic acids is 1. The molecule has 1 saturated heterocycles. The third kappa shape index (κ3) is 4.71. The van der Waals surface area contributed by atoms with Crippen LogP contribution in [0.1, 0.15) is 30.0 Å². The van der Waals surface area contributed by atoms with Crippen molar-refractivity contribution in [2.75, 3.05) is 23.7 Å². The molecule has 0 bridgehead atoms. The van der Waals surface area contributed by atoms with E-state index < -0.39 is 0 Å².